The van der Waals surface area contributed by atoms with E-state index >= 15 is 0 Å². The molecule has 0 radical (unpaired) electrons. The minimum absolute atomic E-state index is 0.303. The van der Waals surface area contributed by atoms with Crippen molar-refractivity contribution in [3.05, 3.63) is 29.8 Å². The summed E-state index contributed by atoms with van der Waals surface area (Å²) in [7, 11) is 1.70. The topological polar surface area (TPSA) is 125 Å². The molecule has 8 heteroatoms. The average Bonchev–Trinajstić information content (AvgIpc) is 2.56. The third-order valence-electron chi connectivity index (χ3n) is 2.72. The average molecular weight is 387 g/mol. The maximum atomic E-state index is 9.73. The van der Waals surface area contributed by atoms with Gasteiger partial charge in [-0.2, -0.15) is 0 Å². The molecule has 0 fully saturated rings. The first-order valence-electron chi connectivity index (χ1n) is 8.59. The smallest absolute Gasteiger partial charge is 0.300 e. The Hall–Kier alpha value is -2.16. The fourth-order valence-electron chi connectivity index (χ4n) is 1.60. The van der Waals surface area contributed by atoms with E-state index in [1.54, 1.807) is 7.11 Å². The lowest BCUT2D eigenvalue weighted by molar-refractivity contribution is -0.135. The van der Waals surface area contributed by atoms with Crippen LogP contribution in [0, 0.1) is 0 Å². The number of hydrogen-bond donors (Lipinski definition) is 4. The van der Waals surface area contributed by atoms with Gasteiger partial charge in [-0.1, -0.05) is 26.0 Å². The quantitative estimate of drug-likeness (QED) is 0.505. The zero-order chi connectivity index (χ0) is 21.2. The molecule has 0 aliphatic carbocycles. The number of carboxylic acids is 2. The van der Waals surface area contributed by atoms with E-state index in [4.69, 9.17) is 29.3 Å². The Labute approximate surface area is 161 Å². The summed E-state index contributed by atoms with van der Waals surface area (Å²) in [5.41, 5.74) is 1.22. The Balaban J connectivity index is 0. The van der Waals surface area contributed by atoms with Crippen LogP contribution in [0.15, 0.2) is 24.3 Å². The summed E-state index contributed by atoms with van der Waals surface area (Å²) in [6.07, 6.45) is 0.410. The van der Waals surface area contributed by atoms with Crippen LogP contribution in [-0.2, 0) is 20.7 Å². The number of methoxy groups -OCH3 is 1. The third-order valence-corrected chi connectivity index (χ3v) is 2.72. The van der Waals surface area contributed by atoms with Crippen LogP contribution in [-0.4, -0.2) is 66.3 Å². The highest BCUT2D eigenvalue weighted by Gasteiger charge is 2.05. The van der Waals surface area contributed by atoms with E-state index in [1.807, 2.05) is 38.1 Å². The number of benzene rings is 1. The monoisotopic (exact) mass is 387 g/mol. The van der Waals surface area contributed by atoms with E-state index in [-0.39, 0.29) is 0 Å². The summed E-state index contributed by atoms with van der Waals surface area (Å²) >= 11 is 0. The molecule has 0 aliphatic rings. The highest BCUT2D eigenvalue weighted by Crippen LogP contribution is 2.12. The second kappa shape index (κ2) is 17.3. The van der Waals surface area contributed by atoms with Crippen molar-refractivity contribution in [1.82, 2.24) is 5.32 Å². The number of aliphatic hydroxyl groups excluding tert-OH is 1. The molecule has 4 N–H and O–H groups in total. The van der Waals surface area contributed by atoms with Crippen molar-refractivity contribution >= 4 is 11.9 Å². The number of ether oxygens (including phenoxy) is 2. The Morgan fingerprint density at radius 1 is 1.07 bits per heavy atom. The fourth-order valence-corrected chi connectivity index (χ4v) is 1.60. The largest absolute Gasteiger partial charge is 0.491 e. The summed E-state index contributed by atoms with van der Waals surface area (Å²) in [6.45, 7) is 7.83. The molecule has 0 saturated carbocycles. The molecule has 1 aromatic rings. The molecule has 8 nitrogen and oxygen atoms in total. The lowest BCUT2D eigenvalue weighted by Gasteiger charge is -2.15. The molecule has 0 aliphatic heterocycles. The number of carbonyl (C=O) groups is 2. The molecule has 0 heterocycles. The second-order valence-electron chi connectivity index (χ2n) is 5.95. The van der Waals surface area contributed by atoms with E-state index in [0.29, 0.717) is 19.2 Å². The van der Waals surface area contributed by atoms with Crippen molar-refractivity contribution in [3.8, 4) is 5.75 Å². The van der Waals surface area contributed by atoms with E-state index in [1.165, 1.54) is 5.56 Å². The zero-order valence-corrected chi connectivity index (χ0v) is 16.8. The second-order valence-corrected chi connectivity index (χ2v) is 5.95. The molecule has 0 spiro atoms. The van der Waals surface area contributed by atoms with Crippen LogP contribution in [0.3, 0.4) is 0 Å². The molecular formula is C19H33NO7. The molecule has 0 saturated heterocycles. The number of rotatable bonds is 9. The number of hydrogen-bond acceptors (Lipinski definition) is 6. The minimum Gasteiger partial charge on any atom is -0.491 e. The highest BCUT2D eigenvalue weighted by molar-refractivity contribution is 5.63. The van der Waals surface area contributed by atoms with Crippen LogP contribution in [0.25, 0.3) is 0 Å². The molecule has 1 aromatic carbocycles. The van der Waals surface area contributed by atoms with E-state index in [0.717, 1.165) is 32.6 Å². The molecule has 27 heavy (non-hydrogen) atoms. The van der Waals surface area contributed by atoms with Gasteiger partial charge < -0.3 is 30.1 Å². The van der Waals surface area contributed by atoms with Crippen molar-refractivity contribution in [3.63, 3.8) is 0 Å². The van der Waals surface area contributed by atoms with Gasteiger partial charge in [0.15, 0.2) is 0 Å². The molecule has 1 rings (SSSR count). The van der Waals surface area contributed by atoms with Gasteiger partial charge in [0.2, 0.25) is 0 Å². The third kappa shape index (κ3) is 23.8. The van der Waals surface area contributed by atoms with Crippen molar-refractivity contribution in [2.45, 2.75) is 46.3 Å². The maximum Gasteiger partial charge on any atom is 0.300 e. The number of aliphatic hydroxyl groups is 1. The van der Waals surface area contributed by atoms with Gasteiger partial charge in [0.1, 0.15) is 18.5 Å². The van der Waals surface area contributed by atoms with E-state index in [9.17, 15) is 5.11 Å². The molecule has 0 bridgehead atoms. The molecule has 1 unspecified atom stereocenters. The van der Waals surface area contributed by atoms with Gasteiger partial charge in [0, 0.05) is 33.5 Å². The van der Waals surface area contributed by atoms with E-state index in [2.05, 4.69) is 5.32 Å². The van der Waals surface area contributed by atoms with Gasteiger partial charge in [-0.05, 0) is 24.1 Å². The van der Waals surface area contributed by atoms with Crippen molar-refractivity contribution in [2.75, 3.05) is 26.9 Å². The van der Waals surface area contributed by atoms with Gasteiger partial charge in [-0.15, -0.1) is 0 Å². The number of aliphatic carboxylic acids is 2. The van der Waals surface area contributed by atoms with Gasteiger partial charge in [0.05, 0.1) is 6.61 Å². The SMILES string of the molecule is CC(=O)O.CC(=O)O.COCCc1ccc(OCC(O)CNC(C)C)cc1. The van der Waals surface area contributed by atoms with Gasteiger partial charge >= 0.3 is 0 Å². The molecule has 0 aromatic heterocycles. The minimum atomic E-state index is -0.833. The highest BCUT2D eigenvalue weighted by atomic mass is 16.5. The summed E-state index contributed by atoms with van der Waals surface area (Å²) in [5, 5.41) is 27.7. The zero-order valence-electron chi connectivity index (χ0n) is 16.8. The van der Waals surface area contributed by atoms with Crippen LogP contribution in [0.5, 0.6) is 5.75 Å². The van der Waals surface area contributed by atoms with Crippen molar-refractivity contribution in [1.29, 1.82) is 0 Å². The Kier molecular flexibility index (Phi) is 17.3. The Morgan fingerprint density at radius 3 is 1.96 bits per heavy atom. The molecular weight excluding hydrogens is 354 g/mol. The number of carboxylic acid groups (broad SMARTS) is 2. The standard InChI is InChI=1S/C15H25NO3.2C2H4O2/c1-12(2)16-10-14(17)11-19-15-6-4-13(5-7-15)8-9-18-3;2*1-2(3)4/h4-7,12,14,16-17H,8-11H2,1-3H3;2*1H3,(H,3,4). The van der Waals surface area contributed by atoms with Crippen LogP contribution in [0.1, 0.15) is 33.3 Å². The van der Waals surface area contributed by atoms with Gasteiger partial charge in [-0.25, -0.2) is 0 Å². The van der Waals surface area contributed by atoms with Gasteiger partial charge in [-0.3, -0.25) is 9.59 Å². The van der Waals surface area contributed by atoms with Crippen LogP contribution < -0.4 is 10.1 Å². The lowest BCUT2D eigenvalue weighted by Crippen LogP contribution is -2.35. The molecule has 156 valence electrons. The first-order valence-corrected chi connectivity index (χ1v) is 8.59. The normalized spacial score (nSPS) is 10.8. The Morgan fingerprint density at radius 2 is 1.56 bits per heavy atom. The summed E-state index contributed by atoms with van der Waals surface area (Å²) in [5.74, 6) is -0.884. The predicted octanol–water partition coefficient (Wildman–Crippen LogP) is 1.79. The first kappa shape index (κ1) is 27.1. The van der Waals surface area contributed by atoms with Crippen LogP contribution >= 0.6 is 0 Å². The Bertz CT molecular complexity index is 483. The summed E-state index contributed by atoms with van der Waals surface area (Å²) in [4.78, 5) is 18.0. The van der Waals surface area contributed by atoms with Gasteiger partial charge in [0.25, 0.3) is 11.9 Å². The predicted molar refractivity (Wildman–Crippen MR) is 103 cm³/mol. The fraction of sp³-hybridized carbons (Fsp3) is 0.579. The summed E-state index contributed by atoms with van der Waals surface area (Å²) in [6, 6.07) is 8.26. The van der Waals surface area contributed by atoms with E-state index < -0.39 is 18.0 Å². The van der Waals surface area contributed by atoms with Crippen LogP contribution in [0.4, 0.5) is 0 Å². The van der Waals surface area contributed by atoms with Crippen LogP contribution in [0.2, 0.25) is 0 Å². The summed E-state index contributed by atoms with van der Waals surface area (Å²) < 4.78 is 10.6. The van der Waals surface area contributed by atoms with Crippen molar-refractivity contribution < 1.29 is 34.4 Å². The molecule has 1 atom stereocenters. The van der Waals surface area contributed by atoms with Crippen molar-refractivity contribution in [2.24, 2.45) is 0 Å². The molecule has 0 amide bonds. The number of nitrogens with one attached hydrogen (secondary N) is 1. The lowest BCUT2D eigenvalue weighted by atomic mass is 10.1. The maximum absolute atomic E-state index is 9.73. The first-order chi connectivity index (χ1) is 12.6.